The molecule has 2 N–H and O–H groups in total. The van der Waals surface area contributed by atoms with Crippen LogP contribution in [0, 0.1) is 0 Å². The van der Waals surface area contributed by atoms with Gasteiger partial charge in [-0.25, -0.2) is 0 Å². The van der Waals surface area contributed by atoms with Crippen LogP contribution in [0.4, 0.5) is 0 Å². The van der Waals surface area contributed by atoms with Gasteiger partial charge in [-0.3, -0.25) is 4.79 Å². The molecule has 0 saturated carbocycles. The SMILES string of the molecule is CC(=O)N1CCC(NC2CCNCc3ccccc32)CC1. The van der Waals surface area contributed by atoms with Crippen LogP contribution in [0.1, 0.15) is 43.4 Å². The number of hydrogen-bond donors (Lipinski definition) is 2. The predicted octanol–water partition coefficient (Wildman–Crippen LogP) is 1.82. The van der Waals surface area contributed by atoms with E-state index >= 15 is 0 Å². The van der Waals surface area contributed by atoms with Gasteiger partial charge in [0.1, 0.15) is 0 Å². The largest absolute Gasteiger partial charge is 0.343 e. The van der Waals surface area contributed by atoms with E-state index in [1.165, 1.54) is 11.1 Å². The molecule has 4 nitrogen and oxygen atoms in total. The number of amides is 1. The van der Waals surface area contributed by atoms with E-state index in [1.807, 2.05) is 4.90 Å². The van der Waals surface area contributed by atoms with Crippen molar-refractivity contribution in [2.24, 2.45) is 0 Å². The van der Waals surface area contributed by atoms with E-state index in [4.69, 9.17) is 0 Å². The van der Waals surface area contributed by atoms with Crippen molar-refractivity contribution in [2.45, 2.75) is 44.8 Å². The minimum Gasteiger partial charge on any atom is -0.343 e. The topological polar surface area (TPSA) is 44.4 Å². The summed E-state index contributed by atoms with van der Waals surface area (Å²) in [5, 5.41) is 7.34. The van der Waals surface area contributed by atoms with Crippen molar-refractivity contribution in [3.63, 3.8) is 0 Å². The van der Waals surface area contributed by atoms with Gasteiger partial charge in [0, 0.05) is 38.6 Å². The highest BCUT2D eigenvalue weighted by Gasteiger charge is 2.25. The van der Waals surface area contributed by atoms with Crippen LogP contribution in [0.25, 0.3) is 0 Å². The Bertz CT molecular complexity index is 495. The molecule has 1 aromatic rings. The van der Waals surface area contributed by atoms with Gasteiger partial charge in [0.2, 0.25) is 5.91 Å². The van der Waals surface area contributed by atoms with Crippen molar-refractivity contribution in [1.29, 1.82) is 0 Å². The van der Waals surface area contributed by atoms with Crippen LogP contribution in [0.2, 0.25) is 0 Å². The predicted molar refractivity (Wildman–Crippen MR) is 83.9 cm³/mol. The molecule has 1 fully saturated rings. The molecule has 0 bridgehead atoms. The summed E-state index contributed by atoms with van der Waals surface area (Å²) < 4.78 is 0. The van der Waals surface area contributed by atoms with Gasteiger partial charge in [0.15, 0.2) is 0 Å². The Morgan fingerprint density at radius 3 is 2.76 bits per heavy atom. The summed E-state index contributed by atoms with van der Waals surface area (Å²) in [6.45, 7) is 5.47. The molecule has 1 amide bonds. The molecule has 0 aliphatic carbocycles. The first kappa shape index (κ1) is 14.5. The van der Waals surface area contributed by atoms with Crippen molar-refractivity contribution < 1.29 is 4.79 Å². The molecule has 1 atom stereocenters. The second-order valence-corrected chi connectivity index (χ2v) is 6.16. The molecule has 2 aliphatic heterocycles. The smallest absolute Gasteiger partial charge is 0.219 e. The van der Waals surface area contributed by atoms with E-state index < -0.39 is 0 Å². The number of hydrogen-bond acceptors (Lipinski definition) is 3. The quantitative estimate of drug-likeness (QED) is 0.872. The van der Waals surface area contributed by atoms with E-state index in [-0.39, 0.29) is 5.91 Å². The van der Waals surface area contributed by atoms with E-state index in [0.717, 1.165) is 45.4 Å². The van der Waals surface area contributed by atoms with E-state index in [9.17, 15) is 4.79 Å². The summed E-state index contributed by atoms with van der Waals surface area (Å²) >= 11 is 0. The van der Waals surface area contributed by atoms with Crippen molar-refractivity contribution in [3.05, 3.63) is 35.4 Å². The first-order valence-electron chi connectivity index (χ1n) is 8.04. The molecule has 21 heavy (non-hydrogen) atoms. The van der Waals surface area contributed by atoms with E-state index in [2.05, 4.69) is 34.9 Å². The maximum Gasteiger partial charge on any atom is 0.219 e. The minimum atomic E-state index is 0.206. The number of carbonyl (C=O) groups excluding carboxylic acids is 1. The van der Waals surface area contributed by atoms with Gasteiger partial charge in [-0.2, -0.15) is 0 Å². The monoisotopic (exact) mass is 287 g/mol. The average molecular weight is 287 g/mol. The second-order valence-electron chi connectivity index (χ2n) is 6.16. The van der Waals surface area contributed by atoms with Crippen LogP contribution < -0.4 is 10.6 Å². The van der Waals surface area contributed by atoms with Crippen molar-refractivity contribution in [3.8, 4) is 0 Å². The molecule has 114 valence electrons. The summed E-state index contributed by atoms with van der Waals surface area (Å²) in [6, 6.07) is 9.69. The third kappa shape index (κ3) is 3.44. The lowest BCUT2D eigenvalue weighted by Crippen LogP contribution is -2.45. The summed E-state index contributed by atoms with van der Waals surface area (Å²) in [7, 11) is 0. The normalized spacial score (nSPS) is 23.5. The number of piperidine rings is 1. The molecule has 0 aromatic heterocycles. The number of benzene rings is 1. The van der Waals surface area contributed by atoms with Gasteiger partial charge >= 0.3 is 0 Å². The Labute approximate surface area is 126 Å². The molecular weight excluding hydrogens is 262 g/mol. The summed E-state index contributed by atoms with van der Waals surface area (Å²) in [4.78, 5) is 13.4. The van der Waals surface area contributed by atoms with E-state index in [0.29, 0.717) is 12.1 Å². The third-order valence-electron chi connectivity index (χ3n) is 4.73. The minimum absolute atomic E-state index is 0.206. The molecule has 1 unspecified atom stereocenters. The average Bonchev–Trinajstić information content (AvgIpc) is 2.71. The fourth-order valence-electron chi connectivity index (χ4n) is 3.48. The highest BCUT2D eigenvalue weighted by atomic mass is 16.2. The Balaban J connectivity index is 1.64. The molecule has 1 aromatic carbocycles. The van der Waals surface area contributed by atoms with Crippen LogP contribution in [0.3, 0.4) is 0 Å². The van der Waals surface area contributed by atoms with Crippen LogP contribution in [0.15, 0.2) is 24.3 Å². The highest BCUT2D eigenvalue weighted by Crippen LogP contribution is 2.25. The number of fused-ring (bicyclic) bond motifs is 1. The fourth-order valence-corrected chi connectivity index (χ4v) is 3.48. The summed E-state index contributed by atoms with van der Waals surface area (Å²) in [5.74, 6) is 0.206. The zero-order valence-electron chi connectivity index (χ0n) is 12.8. The Kier molecular flexibility index (Phi) is 4.56. The van der Waals surface area contributed by atoms with Gasteiger partial charge < -0.3 is 15.5 Å². The van der Waals surface area contributed by atoms with E-state index in [1.54, 1.807) is 6.92 Å². The maximum absolute atomic E-state index is 11.4. The van der Waals surface area contributed by atoms with Crippen molar-refractivity contribution >= 4 is 5.91 Å². The molecular formula is C17H25N3O. The fraction of sp³-hybridized carbons (Fsp3) is 0.588. The lowest BCUT2D eigenvalue weighted by molar-refractivity contribution is -0.129. The van der Waals surface area contributed by atoms with Gasteiger partial charge in [-0.05, 0) is 36.9 Å². The molecule has 2 aliphatic rings. The van der Waals surface area contributed by atoms with Gasteiger partial charge in [0.05, 0.1) is 0 Å². The van der Waals surface area contributed by atoms with Crippen LogP contribution in [-0.2, 0) is 11.3 Å². The second kappa shape index (κ2) is 6.58. The highest BCUT2D eigenvalue weighted by molar-refractivity contribution is 5.73. The third-order valence-corrected chi connectivity index (χ3v) is 4.73. The Morgan fingerprint density at radius 1 is 1.24 bits per heavy atom. The molecule has 0 radical (unpaired) electrons. The molecule has 4 heteroatoms. The number of nitrogens with zero attached hydrogens (tertiary/aromatic N) is 1. The van der Waals surface area contributed by atoms with Gasteiger partial charge in [-0.15, -0.1) is 0 Å². The standard InChI is InChI=1S/C17H25N3O/c1-13(21)20-10-7-15(8-11-20)19-17-6-9-18-12-14-4-2-3-5-16(14)17/h2-5,15,17-19H,6-12H2,1H3. The molecule has 1 saturated heterocycles. The first-order chi connectivity index (χ1) is 10.2. The van der Waals surface area contributed by atoms with Gasteiger partial charge in [0.25, 0.3) is 0 Å². The zero-order chi connectivity index (χ0) is 14.7. The number of nitrogens with one attached hydrogen (secondary N) is 2. The van der Waals surface area contributed by atoms with Crippen molar-refractivity contribution in [1.82, 2.24) is 15.5 Å². The van der Waals surface area contributed by atoms with Crippen molar-refractivity contribution in [2.75, 3.05) is 19.6 Å². The van der Waals surface area contributed by atoms with Gasteiger partial charge in [-0.1, -0.05) is 24.3 Å². The first-order valence-corrected chi connectivity index (χ1v) is 8.04. The Hall–Kier alpha value is -1.39. The number of rotatable bonds is 2. The number of likely N-dealkylation sites (tertiary alicyclic amines) is 1. The summed E-state index contributed by atoms with van der Waals surface area (Å²) in [6.07, 6.45) is 3.25. The molecule has 2 heterocycles. The zero-order valence-corrected chi connectivity index (χ0v) is 12.8. The van der Waals surface area contributed by atoms with Crippen LogP contribution >= 0.6 is 0 Å². The molecule has 0 spiro atoms. The lowest BCUT2D eigenvalue weighted by atomic mass is 9.96. The van der Waals surface area contributed by atoms with Crippen LogP contribution in [-0.4, -0.2) is 36.5 Å². The Morgan fingerprint density at radius 2 is 2.00 bits per heavy atom. The maximum atomic E-state index is 11.4. The lowest BCUT2D eigenvalue weighted by Gasteiger charge is -2.34. The molecule has 3 rings (SSSR count). The van der Waals surface area contributed by atoms with Crippen LogP contribution in [0.5, 0.6) is 0 Å². The number of carbonyl (C=O) groups is 1. The summed E-state index contributed by atoms with van der Waals surface area (Å²) in [5.41, 5.74) is 2.85.